The Balaban J connectivity index is 1.84. The lowest BCUT2D eigenvalue weighted by molar-refractivity contribution is -0.119. The van der Waals surface area contributed by atoms with E-state index >= 15 is 0 Å². The first-order valence-electron chi connectivity index (χ1n) is 8.24. The molecule has 0 aliphatic carbocycles. The summed E-state index contributed by atoms with van der Waals surface area (Å²) in [4.78, 5) is 13.2. The van der Waals surface area contributed by atoms with Crippen LogP contribution in [0, 0.1) is 5.82 Å². The van der Waals surface area contributed by atoms with Crippen LogP contribution in [0.4, 0.5) is 10.1 Å². The van der Waals surface area contributed by atoms with Crippen LogP contribution in [0.5, 0.6) is 0 Å². The van der Waals surface area contributed by atoms with Crippen molar-refractivity contribution in [2.45, 2.75) is 11.3 Å². The molecule has 0 radical (unpaired) electrons. The lowest BCUT2D eigenvalue weighted by atomic mass is 10.3. The van der Waals surface area contributed by atoms with Crippen molar-refractivity contribution in [1.29, 1.82) is 0 Å². The summed E-state index contributed by atoms with van der Waals surface area (Å²) >= 11 is 13.2. The van der Waals surface area contributed by atoms with Gasteiger partial charge < -0.3 is 5.32 Å². The molecule has 2 aromatic rings. The van der Waals surface area contributed by atoms with Crippen LogP contribution in [0.3, 0.4) is 0 Å². The Morgan fingerprint density at radius 1 is 1.18 bits per heavy atom. The van der Waals surface area contributed by atoms with Gasteiger partial charge in [-0.1, -0.05) is 23.2 Å². The molecule has 0 bridgehead atoms. The molecule has 1 N–H and O–H groups in total. The van der Waals surface area contributed by atoms with Crippen LogP contribution in [0.1, 0.15) is 6.42 Å². The van der Waals surface area contributed by atoms with Gasteiger partial charge in [0.2, 0.25) is 15.9 Å². The number of hydrogen-bond donors (Lipinski definition) is 1. The summed E-state index contributed by atoms with van der Waals surface area (Å²) in [5, 5.41) is 3.15. The average Bonchev–Trinajstić information content (AvgIpc) is 2.62. The number of nitrogens with one attached hydrogen (secondary N) is 1. The van der Waals surface area contributed by atoms with Crippen molar-refractivity contribution in [3.63, 3.8) is 0 Å². The molecule has 0 heterocycles. The highest BCUT2D eigenvalue weighted by Crippen LogP contribution is 2.24. The molecule has 0 aliphatic heterocycles. The van der Waals surface area contributed by atoms with E-state index in [1.807, 2.05) is 24.3 Å². The number of carbonyl (C=O) groups excluding carboxylic acids is 1. The molecule has 0 unspecified atom stereocenters. The third-order valence-corrected chi connectivity index (χ3v) is 6.38. The van der Waals surface area contributed by atoms with E-state index in [4.69, 9.17) is 23.2 Å². The molecule has 10 heteroatoms. The van der Waals surface area contributed by atoms with E-state index in [1.165, 1.54) is 12.1 Å². The van der Waals surface area contributed by atoms with Crippen molar-refractivity contribution in [2.75, 3.05) is 29.4 Å². The number of thioether (sulfide) groups is 1. The second kappa shape index (κ2) is 10.3. The topological polar surface area (TPSA) is 66.5 Å². The minimum Gasteiger partial charge on any atom is -0.354 e. The molecular weight excluding hydrogens is 446 g/mol. The lowest BCUT2D eigenvalue weighted by Crippen LogP contribution is -2.40. The van der Waals surface area contributed by atoms with Gasteiger partial charge >= 0.3 is 0 Å². The Hall–Kier alpha value is -1.48. The van der Waals surface area contributed by atoms with Gasteiger partial charge in [0.15, 0.2) is 0 Å². The van der Waals surface area contributed by atoms with Crippen molar-refractivity contribution in [3.05, 3.63) is 58.3 Å². The van der Waals surface area contributed by atoms with Gasteiger partial charge in [-0.05, 0) is 54.6 Å². The zero-order chi connectivity index (χ0) is 20.7. The molecule has 0 fully saturated rings. The van der Waals surface area contributed by atoms with E-state index in [0.717, 1.165) is 27.3 Å². The van der Waals surface area contributed by atoms with Crippen molar-refractivity contribution in [3.8, 4) is 0 Å². The van der Waals surface area contributed by atoms with Crippen LogP contribution in [-0.4, -0.2) is 39.4 Å². The molecule has 2 aromatic carbocycles. The minimum absolute atomic E-state index is 0.127. The number of hydrogen-bond acceptors (Lipinski definition) is 4. The summed E-state index contributed by atoms with van der Waals surface area (Å²) in [6.07, 6.45) is 1.68. The number of benzene rings is 2. The number of amides is 1. The molecule has 0 aliphatic rings. The van der Waals surface area contributed by atoms with Gasteiger partial charge in [-0.2, -0.15) is 0 Å². The SMILES string of the molecule is CS(=O)(=O)N(CC(=O)NCCCSc1ccc(Cl)cc1)c1ccc(F)c(Cl)c1. The highest BCUT2D eigenvalue weighted by molar-refractivity contribution is 7.99. The first-order valence-corrected chi connectivity index (χ1v) is 11.8. The van der Waals surface area contributed by atoms with Crippen LogP contribution in [0.2, 0.25) is 10.0 Å². The maximum absolute atomic E-state index is 13.3. The van der Waals surface area contributed by atoms with Crippen molar-refractivity contribution in [1.82, 2.24) is 5.32 Å². The molecule has 0 spiro atoms. The first-order chi connectivity index (χ1) is 13.2. The molecule has 0 aromatic heterocycles. The van der Waals surface area contributed by atoms with E-state index in [9.17, 15) is 17.6 Å². The summed E-state index contributed by atoms with van der Waals surface area (Å²) in [6, 6.07) is 11.0. The second-order valence-corrected chi connectivity index (χ2v) is 9.79. The predicted octanol–water partition coefficient (Wildman–Crippen LogP) is 4.20. The summed E-state index contributed by atoms with van der Waals surface area (Å²) in [6.45, 7) is -0.00762. The molecule has 152 valence electrons. The van der Waals surface area contributed by atoms with Crippen LogP contribution in [0.25, 0.3) is 0 Å². The van der Waals surface area contributed by atoms with Crippen molar-refractivity contribution < 1.29 is 17.6 Å². The van der Waals surface area contributed by atoms with E-state index in [0.29, 0.717) is 18.0 Å². The van der Waals surface area contributed by atoms with Gasteiger partial charge in [-0.25, -0.2) is 12.8 Å². The monoisotopic (exact) mass is 464 g/mol. The number of nitrogens with zero attached hydrogens (tertiary/aromatic N) is 1. The summed E-state index contributed by atoms with van der Waals surface area (Å²) in [7, 11) is -3.74. The predicted molar refractivity (Wildman–Crippen MR) is 113 cm³/mol. The Morgan fingerprint density at radius 3 is 2.46 bits per heavy atom. The van der Waals surface area contributed by atoms with Gasteiger partial charge in [0.1, 0.15) is 12.4 Å². The second-order valence-electron chi connectivity index (χ2n) is 5.87. The first kappa shape index (κ1) is 22.8. The highest BCUT2D eigenvalue weighted by atomic mass is 35.5. The largest absolute Gasteiger partial charge is 0.354 e. The number of carbonyl (C=O) groups is 1. The third kappa shape index (κ3) is 7.16. The number of halogens is 3. The molecule has 1 amide bonds. The Labute approximate surface area is 178 Å². The van der Waals surface area contributed by atoms with E-state index in [1.54, 1.807) is 11.8 Å². The maximum Gasteiger partial charge on any atom is 0.240 e. The van der Waals surface area contributed by atoms with Gasteiger partial charge in [0.25, 0.3) is 0 Å². The van der Waals surface area contributed by atoms with Crippen LogP contribution in [0.15, 0.2) is 47.4 Å². The fourth-order valence-corrected chi connectivity index (χ4v) is 4.25. The molecule has 5 nitrogen and oxygen atoms in total. The zero-order valence-corrected chi connectivity index (χ0v) is 18.1. The third-order valence-electron chi connectivity index (χ3n) is 3.60. The quantitative estimate of drug-likeness (QED) is 0.446. The van der Waals surface area contributed by atoms with E-state index < -0.39 is 28.3 Å². The van der Waals surface area contributed by atoms with E-state index in [-0.39, 0.29) is 10.7 Å². The summed E-state index contributed by atoms with van der Waals surface area (Å²) in [5.74, 6) is -0.338. The van der Waals surface area contributed by atoms with E-state index in [2.05, 4.69) is 5.32 Å². The van der Waals surface area contributed by atoms with Gasteiger partial charge in [-0.3, -0.25) is 9.10 Å². The molecule has 0 atom stereocenters. The van der Waals surface area contributed by atoms with Crippen LogP contribution < -0.4 is 9.62 Å². The smallest absolute Gasteiger partial charge is 0.240 e. The normalized spacial score (nSPS) is 11.3. The van der Waals surface area contributed by atoms with Gasteiger partial charge in [-0.15, -0.1) is 11.8 Å². The van der Waals surface area contributed by atoms with Crippen molar-refractivity contribution in [2.24, 2.45) is 0 Å². The molecule has 28 heavy (non-hydrogen) atoms. The van der Waals surface area contributed by atoms with Crippen LogP contribution in [-0.2, 0) is 14.8 Å². The Morgan fingerprint density at radius 2 is 1.86 bits per heavy atom. The zero-order valence-electron chi connectivity index (χ0n) is 15.0. The van der Waals surface area contributed by atoms with Crippen molar-refractivity contribution >= 4 is 56.6 Å². The van der Waals surface area contributed by atoms with Gasteiger partial charge in [0.05, 0.1) is 17.0 Å². The van der Waals surface area contributed by atoms with Crippen LogP contribution >= 0.6 is 35.0 Å². The number of sulfonamides is 1. The average molecular weight is 465 g/mol. The molecule has 0 saturated carbocycles. The maximum atomic E-state index is 13.3. The standard InChI is InChI=1S/C18H19Cl2FN2O3S2/c1-28(25,26)23(14-5-8-17(21)16(20)11-14)12-18(24)22-9-2-10-27-15-6-3-13(19)4-7-15/h3-8,11H,2,9-10,12H2,1H3,(H,22,24). The van der Waals surface area contributed by atoms with Gasteiger partial charge in [0, 0.05) is 16.5 Å². The minimum atomic E-state index is -3.74. The summed E-state index contributed by atoms with van der Waals surface area (Å²) in [5.41, 5.74) is 0.127. The lowest BCUT2D eigenvalue weighted by Gasteiger charge is -2.22. The molecule has 0 saturated heterocycles. The highest BCUT2D eigenvalue weighted by Gasteiger charge is 2.21. The molecular formula is C18H19Cl2FN2O3S2. The fourth-order valence-electron chi connectivity index (χ4n) is 2.25. The Kier molecular flexibility index (Phi) is 8.42. The fraction of sp³-hybridized carbons (Fsp3) is 0.278. The number of anilines is 1. The number of rotatable bonds is 9. The summed E-state index contributed by atoms with van der Waals surface area (Å²) < 4.78 is 38.2. The molecule has 2 rings (SSSR count). The Bertz CT molecular complexity index is 925.